The highest BCUT2D eigenvalue weighted by atomic mass is 32.2. The first-order valence-electron chi connectivity index (χ1n) is 11.5. The number of aryl methyl sites for hydroxylation is 1. The largest absolute Gasteiger partial charge is 0.398 e. The third-order valence-corrected chi connectivity index (χ3v) is 8.75. The van der Waals surface area contributed by atoms with Crippen LogP contribution in [0.4, 0.5) is 13.2 Å². The molecule has 1 aromatic rings. The molecule has 32 heavy (non-hydrogen) atoms. The summed E-state index contributed by atoms with van der Waals surface area (Å²) in [5.41, 5.74) is 1.66. The van der Waals surface area contributed by atoms with Crippen molar-refractivity contribution in [3.63, 3.8) is 0 Å². The van der Waals surface area contributed by atoms with Crippen LogP contribution in [0.2, 0.25) is 0 Å². The average molecular weight is 467 g/mol. The van der Waals surface area contributed by atoms with Gasteiger partial charge < -0.3 is 10.1 Å². The number of carbonyl (C=O) groups excluding carboxylic acids is 1. The van der Waals surface area contributed by atoms with Crippen molar-refractivity contribution in [1.82, 2.24) is 5.32 Å². The van der Waals surface area contributed by atoms with E-state index in [9.17, 15) is 18.0 Å². The fourth-order valence-electron chi connectivity index (χ4n) is 5.92. The molecular formula is C24H29F3N2O2S. The van der Waals surface area contributed by atoms with E-state index in [0.29, 0.717) is 11.8 Å². The zero-order valence-corrected chi connectivity index (χ0v) is 19.1. The summed E-state index contributed by atoms with van der Waals surface area (Å²) in [5.74, 6) is -0.517. The third kappa shape index (κ3) is 3.87. The number of rotatable bonds is 5. The SMILES string of the molecule is COC1CCC2(CC1)Cc1ccc(CCC3CC3)cc1C21N=C(SCC(F)(F)F)NC1=O. The van der Waals surface area contributed by atoms with Crippen molar-refractivity contribution >= 4 is 22.8 Å². The van der Waals surface area contributed by atoms with Gasteiger partial charge in [-0.3, -0.25) is 4.79 Å². The van der Waals surface area contributed by atoms with Gasteiger partial charge in [-0.1, -0.05) is 42.8 Å². The van der Waals surface area contributed by atoms with Crippen molar-refractivity contribution in [2.45, 2.75) is 75.6 Å². The molecule has 1 amide bonds. The molecule has 2 saturated carbocycles. The van der Waals surface area contributed by atoms with Gasteiger partial charge in [-0.2, -0.15) is 13.2 Å². The Bertz CT molecular complexity index is 936. The highest BCUT2D eigenvalue weighted by Gasteiger charge is 2.65. The number of thioether (sulfide) groups is 1. The number of hydrogen-bond acceptors (Lipinski definition) is 4. The number of alkyl halides is 3. The Morgan fingerprint density at radius 2 is 1.97 bits per heavy atom. The zero-order valence-electron chi connectivity index (χ0n) is 18.3. The number of amidine groups is 1. The molecule has 174 valence electrons. The van der Waals surface area contributed by atoms with E-state index in [1.807, 2.05) is 0 Å². The summed E-state index contributed by atoms with van der Waals surface area (Å²) in [6, 6.07) is 6.40. The minimum atomic E-state index is -4.31. The Morgan fingerprint density at radius 1 is 1.22 bits per heavy atom. The van der Waals surface area contributed by atoms with E-state index in [1.165, 1.54) is 18.4 Å². The van der Waals surface area contributed by atoms with Gasteiger partial charge in [-0.25, -0.2) is 4.99 Å². The number of fused-ring (bicyclic) bond motifs is 3. The van der Waals surface area contributed by atoms with E-state index in [4.69, 9.17) is 9.73 Å². The molecule has 1 aromatic carbocycles. The molecule has 8 heteroatoms. The number of nitrogens with one attached hydrogen (secondary N) is 1. The topological polar surface area (TPSA) is 50.7 Å². The van der Waals surface area contributed by atoms with E-state index >= 15 is 0 Å². The van der Waals surface area contributed by atoms with Gasteiger partial charge in [0.15, 0.2) is 10.7 Å². The van der Waals surface area contributed by atoms with Gasteiger partial charge in [-0.15, -0.1) is 0 Å². The normalized spacial score (nSPS) is 31.8. The van der Waals surface area contributed by atoms with Crippen LogP contribution in [0.3, 0.4) is 0 Å². The highest BCUT2D eigenvalue weighted by Crippen LogP contribution is 2.61. The Hall–Kier alpha value is -1.54. The molecule has 1 heterocycles. The number of aliphatic imine (C=N–C) groups is 1. The van der Waals surface area contributed by atoms with Gasteiger partial charge >= 0.3 is 6.18 Å². The summed E-state index contributed by atoms with van der Waals surface area (Å²) in [5, 5.41) is 2.81. The molecule has 0 bridgehead atoms. The second-order valence-electron chi connectivity index (χ2n) is 9.85. The van der Waals surface area contributed by atoms with Crippen molar-refractivity contribution in [3.05, 3.63) is 34.9 Å². The summed E-state index contributed by atoms with van der Waals surface area (Å²) >= 11 is 0.578. The quantitative estimate of drug-likeness (QED) is 0.654. The molecule has 0 saturated heterocycles. The van der Waals surface area contributed by atoms with Crippen LogP contribution < -0.4 is 5.32 Å². The first kappa shape index (κ1) is 22.3. The lowest BCUT2D eigenvalue weighted by atomic mass is 9.61. The zero-order chi connectivity index (χ0) is 22.6. The molecule has 2 spiro atoms. The van der Waals surface area contributed by atoms with Crippen molar-refractivity contribution in [2.24, 2.45) is 16.3 Å². The minimum Gasteiger partial charge on any atom is -0.381 e. The second kappa shape index (κ2) is 8.05. The van der Waals surface area contributed by atoms with Crippen LogP contribution >= 0.6 is 11.8 Å². The molecule has 1 atom stereocenters. The summed E-state index contributed by atoms with van der Waals surface area (Å²) in [6.07, 6.45) is 4.48. The third-order valence-electron chi connectivity index (χ3n) is 7.81. The first-order chi connectivity index (χ1) is 15.2. The van der Waals surface area contributed by atoms with Crippen LogP contribution in [-0.2, 0) is 27.9 Å². The molecule has 0 aromatic heterocycles. The van der Waals surface area contributed by atoms with Gasteiger partial charge in [0, 0.05) is 12.5 Å². The fraction of sp³-hybridized carbons (Fsp3) is 0.667. The van der Waals surface area contributed by atoms with E-state index in [1.54, 1.807) is 7.11 Å². The van der Waals surface area contributed by atoms with E-state index in [0.717, 1.165) is 62.0 Å². The van der Waals surface area contributed by atoms with Gasteiger partial charge in [0.25, 0.3) is 5.91 Å². The molecule has 3 aliphatic carbocycles. The summed E-state index contributed by atoms with van der Waals surface area (Å²) in [7, 11) is 1.71. The number of methoxy groups -OCH3 is 1. The predicted octanol–water partition coefficient (Wildman–Crippen LogP) is 5.14. The lowest BCUT2D eigenvalue weighted by Crippen LogP contribution is -2.50. The van der Waals surface area contributed by atoms with Gasteiger partial charge in [0.05, 0.1) is 11.9 Å². The molecule has 5 rings (SSSR count). The maximum absolute atomic E-state index is 13.6. The lowest BCUT2D eigenvalue weighted by Gasteiger charge is -2.44. The predicted molar refractivity (Wildman–Crippen MR) is 119 cm³/mol. The maximum atomic E-state index is 13.6. The molecule has 4 aliphatic rings. The summed E-state index contributed by atoms with van der Waals surface area (Å²) in [4.78, 5) is 18.4. The lowest BCUT2D eigenvalue weighted by molar-refractivity contribution is -0.130. The Balaban J connectivity index is 1.52. The number of halogens is 3. The van der Waals surface area contributed by atoms with Crippen LogP contribution in [0.1, 0.15) is 61.6 Å². The molecule has 1 aliphatic heterocycles. The smallest absolute Gasteiger partial charge is 0.381 e. The van der Waals surface area contributed by atoms with Crippen LogP contribution in [-0.4, -0.2) is 36.2 Å². The van der Waals surface area contributed by atoms with Gasteiger partial charge in [0.1, 0.15) is 0 Å². The van der Waals surface area contributed by atoms with Gasteiger partial charge in [0.2, 0.25) is 0 Å². The van der Waals surface area contributed by atoms with Crippen LogP contribution in [0.15, 0.2) is 23.2 Å². The van der Waals surface area contributed by atoms with Crippen LogP contribution in [0, 0.1) is 11.3 Å². The molecule has 0 radical (unpaired) electrons. The first-order valence-corrected chi connectivity index (χ1v) is 12.5. The molecular weight excluding hydrogens is 437 g/mol. The number of carbonyl (C=O) groups is 1. The number of benzene rings is 1. The van der Waals surface area contributed by atoms with Crippen LogP contribution in [0.25, 0.3) is 0 Å². The summed E-state index contributed by atoms with van der Waals surface area (Å²) < 4.78 is 44.1. The number of hydrogen-bond donors (Lipinski definition) is 1. The second-order valence-corrected chi connectivity index (χ2v) is 10.8. The van der Waals surface area contributed by atoms with Crippen molar-refractivity contribution in [2.75, 3.05) is 12.9 Å². The highest BCUT2D eigenvalue weighted by molar-refractivity contribution is 8.13. The Kier molecular flexibility index (Phi) is 5.60. The standard InChI is InChI=1S/C24H29F3N2O2S/c1-31-18-8-10-22(11-9-18)13-17-7-6-16(5-4-15-2-3-15)12-19(17)24(22)20(30)28-21(29-24)32-14-23(25,26)27/h6-7,12,15,18H,2-5,8-11,13-14H2,1H3,(H,28,29,30). The average Bonchev–Trinajstić information content (AvgIpc) is 3.48. The van der Waals surface area contributed by atoms with E-state index in [-0.39, 0.29) is 17.2 Å². The van der Waals surface area contributed by atoms with Crippen molar-refractivity contribution < 1.29 is 22.7 Å². The molecule has 1 unspecified atom stereocenters. The van der Waals surface area contributed by atoms with Crippen molar-refractivity contribution in [3.8, 4) is 0 Å². The minimum absolute atomic E-state index is 0.0943. The Labute approximate surface area is 190 Å². The number of ether oxygens (including phenoxy) is 1. The maximum Gasteiger partial charge on any atom is 0.398 e. The number of nitrogens with zero attached hydrogens (tertiary/aromatic N) is 1. The molecule has 1 N–H and O–H groups in total. The molecule has 4 nitrogen and oxygen atoms in total. The van der Waals surface area contributed by atoms with Gasteiger partial charge in [-0.05, 0) is 67.6 Å². The Morgan fingerprint density at radius 3 is 2.62 bits per heavy atom. The van der Waals surface area contributed by atoms with E-state index in [2.05, 4.69) is 23.5 Å². The van der Waals surface area contributed by atoms with E-state index < -0.39 is 22.9 Å². The van der Waals surface area contributed by atoms with Crippen molar-refractivity contribution in [1.29, 1.82) is 0 Å². The monoisotopic (exact) mass is 466 g/mol. The summed E-state index contributed by atoms with van der Waals surface area (Å²) in [6.45, 7) is 0. The fourth-order valence-corrected chi connectivity index (χ4v) is 6.59. The van der Waals surface area contributed by atoms with Crippen LogP contribution in [0.5, 0.6) is 0 Å². The molecule has 2 fully saturated rings. The number of amides is 1.